The van der Waals surface area contributed by atoms with Gasteiger partial charge in [0.05, 0.1) is 24.2 Å². The molecule has 0 bridgehead atoms. The maximum atomic E-state index is 13.1. The molecule has 0 spiro atoms. The number of aromatic nitrogens is 2. The van der Waals surface area contributed by atoms with Crippen LogP contribution in [-0.4, -0.2) is 25.1 Å². The standard InChI is InChI=1S/C22H21N3O3S2/c1-15-21(30(26,27)24-17-11-7-8-12-20(17)28-3)13-19(25(15)2)22-23-18(14-29-22)16-9-5-4-6-10-16/h4-14,24H,1-3H3. The third kappa shape index (κ3) is 3.71. The zero-order valence-electron chi connectivity index (χ0n) is 16.8. The van der Waals surface area contributed by atoms with Crippen molar-refractivity contribution in [3.63, 3.8) is 0 Å². The molecular formula is C22H21N3O3S2. The van der Waals surface area contributed by atoms with Crippen molar-refractivity contribution in [3.05, 3.63) is 71.7 Å². The van der Waals surface area contributed by atoms with Crippen molar-refractivity contribution in [1.82, 2.24) is 9.55 Å². The molecule has 0 aliphatic heterocycles. The van der Waals surface area contributed by atoms with E-state index in [1.807, 2.05) is 47.3 Å². The average Bonchev–Trinajstić information content (AvgIpc) is 3.35. The number of hydrogen-bond acceptors (Lipinski definition) is 5. The molecule has 0 saturated heterocycles. The van der Waals surface area contributed by atoms with E-state index >= 15 is 0 Å². The van der Waals surface area contributed by atoms with E-state index in [0.29, 0.717) is 17.1 Å². The van der Waals surface area contributed by atoms with Gasteiger partial charge in [-0.3, -0.25) is 4.72 Å². The Labute approximate surface area is 179 Å². The molecule has 0 saturated carbocycles. The second-order valence-corrected chi connectivity index (χ2v) is 9.26. The van der Waals surface area contributed by atoms with E-state index in [9.17, 15) is 8.42 Å². The van der Waals surface area contributed by atoms with Crippen LogP contribution in [-0.2, 0) is 17.1 Å². The Morgan fingerprint density at radius 2 is 1.77 bits per heavy atom. The first kappa shape index (κ1) is 20.2. The van der Waals surface area contributed by atoms with Crippen LogP contribution in [0.1, 0.15) is 5.69 Å². The van der Waals surface area contributed by atoms with E-state index in [-0.39, 0.29) is 4.90 Å². The number of thiazole rings is 1. The second-order valence-electron chi connectivity index (χ2n) is 6.75. The van der Waals surface area contributed by atoms with Crippen molar-refractivity contribution >= 4 is 27.0 Å². The van der Waals surface area contributed by atoms with Gasteiger partial charge in [0.15, 0.2) is 0 Å². The number of benzene rings is 2. The van der Waals surface area contributed by atoms with E-state index in [2.05, 4.69) is 4.72 Å². The average molecular weight is 440 g/mol. The third-order valence-electron chi connectivity index (χ3n) is 4.92. The van der Waals surface area contributed by atoms with Gasteiger partial charge in [0.2, 0.25) is 0 Å². The van der Waals surface area contributed by atoms with Gasteiger partial charge >= 0.3 is 0 Å². The van der Waals surface area contributed by atoms with Crippen molar-refractivity contribution < 1.29 is 13.2 Å². The van der Waals surface area contributed by atoms with Crippen LogP contribution in [0.2, 0.25) is 0 Å². The lowest BCUT2D eigenvalue weighted by Crippen LogP contribution is -2.14. The number of ether oxygens (including phenoxy) is 1. The van der Waals surface area contributed by atoms with Crippen molar-refractivity contribution in [2.24, 2.45) is 7.05 Å². The number of rotatable bonds is 6. The van der Waals surface area contributed by atoms with Crippen LogP contribution in [0.5, 0.6) is 5.75 Å². The minimum absolute atomic E-state index is 0.211. The largest absolute Gasteiger partial charge is 0.495 e. The van der Waals surface area contributed by atoms with Crippen LogP contribution < -0.4 is 9.46 Å². The zero-order chi connectivity index (χ0) is 21.3. The number of nitrogens with one attached hydrogen (secondary N) is 1. The van der Waals surface area contributed by atoms with Crippen LogP contribution >= 0.6 is 11.3 Å². The molecule has 6 nitrogen and oxygen atoms in total. The summed E-state index contributed by atoms with van der Waals surface area (Å²) in [4.78, 5) is 4.93. The van der Waals surface area contributed by atoms with Gasteiger partial charge in [-0.2, -0.15) is 0 Å². The summed E-state index contributed by atoms with van der Waals surface area (Å²) in [5.41, 5.74) is 3.66. The predicted molar refractivity (Wildman–Crippen MR) is 120 cm³/mol. The van der Waals surface area contributed by atoms with Gasteiger partial charge in [-0.25, -0.2) is 13.4 Å². The molecule has 1 N–H and O–H groups in total. The van der Waals surface area contributed by atoms with E-state index in [1.54, 1.807) is 37.3 Å². The zero-order valence-corrected chi connectivity index (χ0v) is 18.4. The highest BCUT2D eigenvalue weighted by molar-refractivity contribution is 7.92. The summed E-state index contributed by atoms with van der Waals surface area (Å²) in [5.74, 6) is 0.460. The predicted octanol–water partition coefficient (Wildman–Crippen LogP) is 4.93. The number of methoxy groups -OCH3 is 1. The normalized spacial score (nSPS) is 11.4. The van der Waals surface area contributed by atoms with Crippen LogP contribution in [0.25, 0.3) is 22.0 Å². The van der Waals surface area contributed by atoms with Gasteiger partial charge in [-0.05, 0) is 25.1 Å². The van der Waals surface area contributed by atoms with Crippen molar-refractivity contribution in [2.45, 2.75) is 11.8 Å². The molecule has 0 aliphatic carbocycles. The summed E-state index contributed by atoms with van der Waals surface area (Å²) in [6.07, 6.45) is 0. The maximum absolute atomic E-state index is 13.1. The lowest BCUT2D eigenvalue weighted by atomic mass is 10.2. The third-order valence-corrected chi connectivity index (χ3v) is 7.27. The summed E-state index contributed by atoms with van der Waals surface area (Å²) in [7, 11) is -0.456. The fourth-order valence-electron chi connectivity index (χ4n) is 3.21. The van der Waals surface area contributed by atoms with Gasteiger partial charge < -0.3 is 9.30 Å². The highest BCUT2D eigenvalue weighted by atomic mass is 32.2. The molecule has 0 radical (unpaired) electrons. The Hall–Kier alpha value is -3.10. The summed E-state index contributed by atoms with van der Waals surface area (Å²) in [6.45, 7) is 1.78. The minimum Gasteiger partial charge on any atom is -0.495 e. The Kier molecular flexibility index (Phi) is 5.36. The van der Waals surface area contributed by atoms with Gasteiger partial charge in [-0.1, -0.05) is 42.5 Å². The molecule has 154 valence electrons. The summed E-state index contributed by atoms with van der Waals surface area (Å²) >= 11 is 1.49. The molecule has 2 heterocycles. The first-order chi connectivity index (χ1) is 14.4. The van der Waals surface area contributed by atoms with Crippen LogP contribution in [0.15, 0.2) is 70.9 Å². The molecule has 0 amide bonds. The number of para-hydroxylation sites is 2. The first-order valence-corrected chi connectivity index (χ1v) is 11.6. The molecular weight excluding hydrogens is 418 g/mol. The number of sulfonamides is 1. The molecule has 8 heteroatoms. The van der Waals surface area contributed by atoms with Gasteiger partial charge in [0.1, 0.15) is 15.7 Å². The quantitative estimate of drug-likeness (QED) is 0.462. The summed E-state index contributed by atoms with van der Waals surface area (Å²) < 4.78 is 36.0. The van der Waals surface area contributed by atoms with Crippen molar-refractivity contribution in [3.8, 4) is 27.7 Å². The molecule has 0 aliphatic rings. The van der Waals surface area contributed by atoms with Crippen molar-refractivity contribution in [1.29, 1.82) is 0 Å². The van der Waals surface area contributed by atoms with Gasteiger partial charge in [-0.15, -0.1) is 11.3 Å². The van der Waals surface area contributed by atoms with E-state index in [1.165, 1.54) is 18.4 Å². The van der Waals surface area contributed by atoms with E-state index in [0.717, 1.165) is 22.0 Å². The van der Waals surface area contributed by atoms with E-state index in [4.69, 9.17) is 9.72 Å². The molecule has 0 atom stereocenters. The Morgan fingerprint density at radius 3 is 2.50 bits per heavy atom. The summed E-state index contributed by atoms with van der Waals surface area (Å²) in [5, 5.41) is 2.74. The molecule has 4 rings (SSSR count). The van der Waals surface area contributed by atoms with Crippen molar-refractivity contribution in [2.75, 3.05) is 11.8 Å². The fourth-order valence-corrected chi connectivity index (χ4v) is 5.45. The molecule has 0 fully saturated rings. The van der Waals surface area contributed by atoms with Gasteiger partial charge in [0.25, 0.3) is 10.0 Å². The highest BCUT2D eigenvalue weighted by Gasteiger charge is 2.24. The molecule has 4 aromatic rings. The molecule has 2 aromatic heterocycles. The SMILES string of the molecule is COc1ccccc1NS(=O)(=O)c1cc(-c2nc(-c3ccccc3)cs2)n(C)c1C. The summed E-state index contributed by atoms with van der Waals surface area (Å²) in [6, 6.07) is 18.5. The van der Waals surface area contributed by atoms with Crippen LogP contribution in [0.4, 0.5) is 5.69 Å². The fraction of sp³-hybridized carbons (Fsp3) is 0.136. The lowest BCUT2D eigenvalue weighted by molar-refractivity contribution is 0.417. The minimum atomic E-state index is -3.81. The Balaban J connectivity index is 1.71. The second kappa shape index (κ2) is 7.97. The lowest BCUT2D eigenvalue weighted by Gasteiger charge is -2.11. The van der Waals surface area contributed by atoms with Gasteiger partial charge in [0, 0.05) is 23.7 Å². The topological polar surface area (TPSA) is 73.2 Å². The molecule has 2 aromatic carbocycles. The highest BCUT2D eigenvalue weighted by Crippen LogP contribution is 2.34. The van der Waals surface area contributed by atoms with E-state index < -0.39 is 10.0 Å². The number of anilines is 1. The number of hydrogen-bond donors (Lipinski definition) is 1. The monoisotopic (exact) mass is 439 g/mol. The number of nitrogens with zero attached hydrogens (tertiary/aromatic N) is 2. The molecule has 0 unspecified atom stereocenters. The Bertz CT molecular complexity index is 1290. The smallest absolute Gasteiger partial charge is 0.263 e. The van der Waals surface area contributed by atoms with Crippen LogP contribution in [0.3, 0.4) is 0 Å². The molecule has 30 heavy (non-hydrogen) atoms. The first-order valence-electron chi connectivity index (χ1n) is 9.24. The maximum Gasteiger partial charge on any atom is 0.263 e. The van der Waals surface area contributed by atoms with Crippen LogP contribution in [0, 0.1) is 6.92 Å². The Morgan fingerprint density at radius 1 is 1.07 bits per heavy atom.